The van der Waals surface area contributed by atoms with Gasteiger partial charge in [0.15, 0.2) is 11.0 Å². The Morgan fingerprint density at radius 1 is 1.31 bits per heavy atom. The van der Waals surface area contributed by atoms with Crippen LogP contribution in [0.3, 0.4) is 0 Å². The highest BCUT2D eigenvalue weighted by Gasteiger charge is 2.36. The van der Waals surface area contributed by atoms with Crippen LogP contribution in [0.4, 0.5) is 0 Å². The first kappa shape index (κ1) is 20.7. The molecule has 0 saturated carbocycles. The number of carbonyl (C=O) groups excluding carboxylic acids is 2. The summed E-state index contributed by atoms with van der Waals surface area (Å²) < 4.78 is 5.61. The molecular weight excluding hydrogens is 386 g/mol. The second-order valence-electron chi connectivity index (χ2n) is 6.83. The second kappa shape index (κ2) is 9.43. The third-order valence-electron chi connectivity index (χ3n) is 4.77. The molecule has 0 bridgehead atoms. The molecule has 3 rings (SSSR count). The van der Waals surface area contributed by atoms with E-state index in [2.05, 4.69) is 41.2 Å². The van der Waals surface area contributed by atoms with E-state index in [1.54, 1.807) is 12.3 Å². The first-order valence-electron chi connectivity index (χ1n) is 9.38. The Bertz CT molecular complexity index is 919. The van der Waals surface area contributed by atoms with Crippen LogP contribution in [0.1, 0.15) is 29.2 Å². The maximum atomic E-state index is 12.5. The van der Waals surface area contributed by atoms with Crippen molar-refractivity contribution in [2.75, 3.05) is 13.1 Å². The van der Waals surface area contributed by atoms with E-state index >= 15 is 0 Å². The number of rotatable bonds is 8. The van der Waals surface area contributed by atoms with Crippen molar-refractivity contribution in [3.05, 3.63) is 72.2 Å². The number of thiocarbonyl (C=S) groups is 1. The molecule has 2 amide bonds. The van der Waals surface area contributed by atoms with Gasteiger partial charge in [-0.2, -0.15) is 0 Å². The molecule has 2 aromatic rings. The summed E-state index contributed by atoms with van der Waals surface area (Å²) in [6.45, 7) is 6.35. The number of aryl methyl sites for hydroxylation is 1. The number of benzene rings is 1. The third-order valence-corrected chi connectivity index (χ3v) is 5.09. The SMILES string of the molecule is C=CCN1C(=O)C(C=NCC[C@H](c2ccc(C)cc2)c2ccco2)C(=O)NC1=S. The minimum atomic E-state index is -0.983. The fourth-order valence-corrected chi connectivity index (χ4v) is 3.47. The van der Waals surface area contributed by atoms with E-state index in [0.29, 0.717) is 13.0 Å². The van der Waals surface area contributed by atoms with Crippen LogP contribution < -0.4 is 5.32 Å². The first-order valence-corrected chi connectivity index (χ1v) is 9.79. The molecule has 1 unspecified atom stereocenters. The van der Waals surface area contributed by atoms with Crippen molar-refractivity contribution in [3.63, 3.8) is 0 Å². The van der Waals surface area contributed by atoms with Crippen LogP contribution in [-0.4, -0.2) is 41.1 Å². The van der Waals surface area contributed by atoms with E-state index < -0.39 is 11.8 Å². The van der Waals surface area contributed by atoms with Gasteiger partial charge in [0.05, 0.1) is 6.26 Å². The molecular formula is C22H23N3O3S. The van der Waals surface area contributed by atoms with Crippen molar-refractivity contribution >= 4 is 35.4 Å². The Hall–Kier alpha value is -3.06. The normalized spacial score (nSPS) is 18.2. The Labute approximate surface area is 175 Å². The number of carbonyl (C=O) groups is 2. The van der Waals surface area contributed by atoms with Crippen LogP contribution >= 0.6 is 12.2 Å². The van der Waals surface area contributed by atoms with E-state index in [1.165, 1.54) is 16.7 Å². The molecule has 1 N–H and O–H groups in total. The highest BCUT2D eigenvalue weighted by Crippen LogP contribution is 2.28. The summed E-state index contributed by atoms with van der Waals surface area (Å²) >= 11 is 5.05. The number of amides is 2. The van der Waals surface area contributed by atoms with E-state index in [0.717, 1.165) is 11.3 Å². The van der Waals surface area contributed by atoms with E-state index in [-0.39, 0.29) is 23.5 Å². The molecule has 6 nitrogen and oxygen atoms in total. The molecule has 1 fully saturated rings. The van der Waals surface area contributed by atoms with Gasteiger partial charge in [0, 0.05) is 25.2 Å². The molecule has 1 saturated heterocycles. The lowest BCUT2D eigenvalue weighted by Gasteiger charge is -2.29. The molecule has 2 atom stereocenters. The van der Waals surface area contributed by atoms with Crippen LogP contribution in [0.15, 0.2) is 64.7 Å². The van der Waals surface area contributed by atoms with Crippen molar-refractivity contribution in [2.24, 2.45) is 10.9 Å². The van der Waals surface area contributed by atoms with E-state index in [1.807, 2.05) is 19.1 Å². The highest BCUT2D eigenvalue weighted by atomic mass is 32.1. The van der Waals surface area contributed by atoms with Gasteiger partial charge in [0.25, 0.3) is 0 Å². The summed E-state index contributed by atoms with van der Waals surface area (Å²) in [7, 11) is 0. The first-order chi connectivity index (χ1) is 14.0. The van der Waals surface area contributed by atoms with Crippen molar-refractivity contribution in [2.45, 2.75) is 19.3 Å². The lowest BCUT2D eigenvalue weighted by atomic mass is 9.92. The maximum absolute atomic E-state index is 12.5. The molecule has 1 aromatic carbocycles. The molecule has 7 heteroatoms. The standard InChI is InChI=1S/C22H23N3O3S/c1-3-12-25-21(27)18(20(26)24-22(25)29)14-23-11-10-17(19-5-4-13-28-19)16-8-6-15(2)7-9-16/h3-9,13-14,17-18H,1,10-12H2,2H3,(H,24,26,29)/t17-,18?/m1/s1. The van der Waals surface area contributed by atoms with Crippen molar-refractivity contribution in [3.8, 4) is 0 Å². The quantitative estimate of drug-likeness (QED) is 0.314. The largest absolute Gasteiger partial charge is 0.469 e. The van der Waals surface area contributed by atoms with Gasteiger partial charge in [-0.3, -0.25) is 19.5 Å². The predicted molar refractivity (Wildman–Crippen MR) is 116 cm³/mol. The second-order valence-corrected chi connectivity index (χ2v) is 7.22. The number of nitrogens with one attached hydrogen (secondary N) is 1. The van der Waals surface area contributed by atoms with Crippen molar-refractivity contribution in [1.29, 1.82) is 0 Å². The van der Waals surface area contributed by atoms with Crippen molar-refractivity contribution in [1.82, 2.24) is 10.2 Å². The van der Waals surface area contributed by atoms with Crippen molar-refractivity contribution < 1.29 is 14.0 Å². The summed E-state index contributed by atoms with van der Waals surface area (Å²) in [5.41, 5.74) is 2.32. The Kier molecular flexibility index (Phi) is 6.72. The van der Waals surface area contributed by atoms with Crippen LogP contribution in [-0.2, 0) is 9.59 Å². The highest BCUT2D eigenvalue weighted by molar-refractivity contribution is 7.80. The maximum Gasteiger partial charge on any atom is 0.247 e. The fourth-order valence-electron chi connectivity index (χ4n) is 3.21. The van der Waals surface area contributed by atoms with Gasteiger partial charge in [0.2, 0.25) is 11.8 Å². The lowest BCUT2D eigenvalue weighted by Crippen LogP contribution is -2.58. The van der Waals surface area contributed by atoms with Crippen LogP contribution in [0.25, 0.3) is 0 Å². The van der Waals surface area contributed by atoms with Gasteiger partial charge in [0.1, 0.15) is 5.76 Å². The van der Waals surface area contributed by atoms with Gasteiger partial charge in [-0.25, -0.2) is 0 Å². The minimum Gasteiger partial charge on any atom is -0.469 e. The Morgan fingerprint density at radius 3 is 2.72 bits per heavy atom. The van der Waals surface area contributed by atoms with E-state index in [4.69, 9.17) is 16.6 Å². The van der Waals surface area contributed by atoms with Gasteiger partial charge < -0.3 is 9.73 Å². The van der Waals surface area contributed by atoms with E-state index in [9.17, 15) is 9.59 Å². The monoisotopic (exact) mass is 409 g/mol. The topological polar surface area (TPSA) is 74.9 Å². The molecule has 2 heterocycles. The van der Waals surface area contributed by atoms with Crippen LogP contribution in [0.2, 0.25) is 0 Å². The summed E-state index contributed by atoms with van der Waals surface area (Å²) in [6, 6.07) is 12.1. The summed E-state index contributed by atoms with van der Waals surface area (Å²) in [5, 5.41) is 2.64. The average molecular weight is 410 g/mol. The smallest absolute Gasteiger partial charge is 0.247 e. The zero-order valence-corrected chi connectivity index (χ0v) is 17.0. The molecule has 29 heavy (non-hydrogen) atoms. The number of furan rings is 1. The van der Waals surface area contributed by atoms with Gasteiger partial charge >= 0.3 is 0 Å². The predicted octanol–water partition coefficient (Wildman–Crippen LogP) is 3.23. The molecule has 0 spiro atoms. The average Bonchev–Trinajstić information content (AvgIpc) is 3.22. The lowest BCUT2D eigenvalue weighted by molar-refractivity contribution is -0.137. The fraction of sp³-hybridized carbons (Fsp3) is 0.273. The third kappa shape index (κ3) is 4.86. The van der Waals surface area contributed by atoms with Crippen LogP contribution in [0.5, 0.6) is 0 Å². The summed E-state index contributed by atoms with van der Waals surface area (Å²) in [4.78, 5) is 30.4. The number of nitrogens with zero attached hydrogens (tertiary/aromatic N) is 2. The van der Waals surface area contributed by atoms with Gasteiger partial charge in [-0.15, -0.1) is 6.58 Å². The molecule has 1 aliphatic heterocycles. The number of hydrogen-bond acceptors (Lipinski definition) is 5. The van der Waals surface area contributed by atoms with Gasteiger partial charge in [-0.05, 0) is 43.3 Å². The summed E-state index contributed by atoms with van der Waals surface area (Å²) in [6.07, 6.45) is 5.31. The minimum absolute atomic E-state index is 0.0449. The number of aliphatic imine (C=N–C) groups is 1. The molecule has 0 radical (unpaired) electrons. The molecule has 150 valence electrons. The van der Waals surface area contributed by atoms with Gasteiger partial charge in [-0.1, -0.05) is 35.9 Å². The zero-order valence-electron chi connectivity index (χ0n) is 16.2. The Balaban J connectivity index is 1.68. The number of hydrogen-bond donors (Lipinski definition) is 1. The van der Waals surface area contributed by atoms with Crippen LogP contribution in [0, 0.1) is 12.8 Å². The molecule has 1 aromatic heterocycles. The zero-order chi connectivity index (χ0) is 20.8. The molecule has 1 aliphatic rings. The molecule has 0 aliphatic carbocycles. The Morgan fingerprint density at radius 2 is 2.07 bits per heavy atom. The summed E-state index contributed by atoms with van der Waals surface area (Å²) in [5.74, 6) is -0.918.